The number of nitrogens with one attached hydrogen (secondary N) is 1. The van der Waals surface area contributed by atoms with Crippen LogP contribution in [0.4, 0.5) is 4.79 Å². The van der Waals surface area contributed by atoms with Gasteiger partial charge in [-0.1, -0.05) is 27.5 Å². The minimum absolute atomic E-state index is 0.0101. The van der Waals surface area contributed by atoms with Gasteiger partial charge in [0, 0.05) is 50.3 Å². The second kappa shape index (κ2) is 10.1. The number of piperazine rings is 1. The van der Waals surface area contributed by atoms with Gasteiger partial charge in [-0.15, -0.1) is 0 Å². The third kappa shape index (κ3) is 6.12. The highest BCUT2D eigenvalue weighted by molar-refractivity contribution is 9.10. The number of hydrogen-bond acceptors (Lipinski definition) is 4. The van der Waals surface area contributed by atoms with Crippen molar-refractivity contribution in [2.24, 2.45) is 5.73 Å². The molecule has 0 spiro atoms. The molecule has 0 bridgehead atoms. The van der Waals surface area contributed by atoms with Gasteiger partial charge in [-0.3, -0.25) is 4.90 Å². The van der Waals surface area contributed by atoms with E-state index in [1.807, 2.05) is 17.0 Å². The van der Waals surface area contributed by atoms with Crippen molar-refractivity contribution < 1.29 is 9.53 Å². The van der Waals surface area contributed by atoms with E-state index in [2.05, 4.69) is 26.1 Å². The third-order valence-electron chi connectivity index (χ3n) is 3.85. The van der Waals surface area contributed by atoms with Crippen molar-refractivity contribution in [3.05, 3.63) is 27.7 Å². The van der Waals surface area contributed by atoms with Crippen LogP contribution >= 0.6 is 27.5 Å². The van der Waals surface area contributed by atoms with Gasteiger partial charge in [-0.2, -0.15) is 0 Å². The van der Waals surface area contributed by atoms with E-state index in [4.69, 9.17) is 22.1 Å². The highest BCUT2D eigenvalue weighted by Crippen LogP contribution is 2.27. The summed E-state index contributed by atoms with van der Waals surface area (Å²) in [5, 5.41) is 3.51. The van der Waals surface area contributed by atoms with Gasteiger partial charge in [0.1, 0.15) is 5.75 Å². The van der Waals surface area contributed by atoms with Crippen LogP contribution < -0.4 is 15.8 Å². The predicted octanol–water partition coefficient (Wildman–Crippen LogP) is 2.16. The summed E-state index contributed by atoms with van der Waals surface area (Å²) in [6, 6.07) is 5.49. The van der Waals surface area contributed by atoms with Crippen LogP contribution in [0.2, 0.25) is 5.02 Å². The standard InChI is InChI=1S/C16H24BrClN4O2/c17-13-2-3-15(14(18)12-13)24-11-1-5-20-16(23)22-9-7-21(6-4-19)8-10-22/h2-3,12H,1,4-11,19H2,(H,20,23). The predicted molar refractivity (Wildman–Crippen MR) is 99.7 cm³/mol. The molecule has 0 saturated carbocycles. The van der Waals surface area contributed by atoms with Crippen LogP contribution in [-0.4, -0.2) is 68.3 Å². The fourth-order valence-corrected chi connectivity index (χ4v) is 3.24. The molecule has 0 radical (unpaired) electrons. The first-order valence-electron chi connectivity index (χ1n) is 8.13. The highest BCUT2D eigenvalue weighted by Gasteiger charge is 2.19. The lowest BCUT2D eigenvalue weighted by atomic mass is 10.3. The molecule has 0 aliphatic carbocycles. The maximum absolute atomic E-state index is 12.1. The van der Waals surface area contributed by atoms with Gasteiger partial charge in [-0.25, -0.2) is 4.79 Å². The van der Waals surface area contributed by atoms with E-state index in [0.29, 0.717) is 30.5 Å². The monoisotopic (exact) mass is 418 g/mol. The number of amides is 2. The summed E-state index contributed by atoms with van der Waals surface area (Å²) in [5.41, 5.74) is 5.55. The molecule has 134 valence electrons. The molecule has 1 aromatic carbocycles. The molecule has 1 heterocycles. The molecule has 8 heteroatoms. The quantitative estimate of drug-likeness (QED) is 0.665. The maximum atomic E-state index is 12.1. The number of rotatable bonds is 7. The van der Waals surface area contributed by atoms with Crippen molar-refractivity contribution in [2.75, 3.05) is 52.4 Å². The fourth-order valence-electron chi connectivity index (χ4n) is 2.51. The summed E-state index contributed by atoms with van der Waals surface area (Å²) in [6.07, 6.45) is 0.727. The van der Waals surface area contributed by atoms with Gasteiger partial charge in [0.15, 0.2) is 0 Å². The van der Waals surface area contributed by atoms with Crippen molar-refractivity contribution in [3.8, 4) is 5.75 Å². The number of benzene rings is 1. The number of ether oxygens (including phenoxy) is 1. The summed E-state index contributed by atoms with van der Waals surface area (Å²) in [6.45, 7) is 5.90. The van der Waals surface area contributed by atoms with Gasteiger partial charge >= 0.3 is 6.03 Å². The summed E-state index contributed by atoms with van der Waals surface area (Å²) < 4.78 is 6.54. The van der Waals surface area contributed by atoms with E-state index in [1.54, 1.807) is 6.07 Å². The SMILES string of the molecule is NCCN1CCN(C(=O)NCCCOc2ccc(Br)cc2Cl)CC1. The molecule has 1 saturated heterocycles. The Balaban J connectivity index is 1.59. The third-order valence-corrected chi connectivity index (χ3v) is 4.64. The molecule has 2 rings (SSSR count). The van der Waals surface area contributed by atoms with Crippen LogP contribution in [0.25, 0.3) is 0 Å². The highest BCUT2D eigenvalue weighted by atomic mass is 79.9. The minimum Gasteiger partial charge on any atom is -0.492 e. The number of carbonyl (C=O) groups excluding carboxylic acids is 1. The number of hydrogen-bond donors (Lipinski definition) is 2. The van der Waals surface area contributed by atoms with Crippen LogP contribution in [-0.2, 0) is 0 Å². The van der Waals surface area contributed by atoms with Gasteiger partial charge < -0.3 is 20.7 Å². The zero-order chi connectivity index (χ0) is 17.4. The Morgan fingerprint density at radius 3 is 2.75 bits per heavy atom. The summed E-state index contributed by atoms with van der Waals surface area (Å²) in [4.78, 5) is 16.2. The average Bonchev–Trinajstić information content (AvgIpc) is 2.57. The molecule has 1 aromatic rings. The van der Waals surface area contributed by atoms with Crippen molar-refractivity contribution in [1.82, 2.24) is 15.1 Å². The van der Waals surface area contributed by atoms with E-state index in [1.165, 1.54) is 0 Å². The Morgan fingerprint density at radius 2 is 2.08 bits per heavy atom. The molecular formula is C16H24BrClN4O2. The molecule has 0 aromatic heterocycles. The zero-order valence-electron chi connectivity index (χ0n) is 13.6. The van der Waals surface area contributed by atoms with E-state index in [9.17, 15) is 4.79 Å². The van der Waals surface area contributed by atoms with Crippen molar-refractivity contribution >= 4 is 33.6 Å². The largest absolute Gasteiger partial charge is 0.492 e. The number of nitrogens with zero attached hydrogens (tertiary/aromatic N) is 2. The van der Waals surface area contributed by atoms with E-state index >= 15 is 0 Å². The molecule has 1 aliphatic heterocycles. The lowest BCUT2D eigenvalue weighted by Crippen LogP contribution is -2.52. The second-order valence-electron chi connectivity index (χ2n) is 5.63. The molecule has 24 heavy (non-hydrogen) atoms. The zero-order valence-corrected chi connectivity index (χ0v) is 16.0. The summed E-state index contributed by atoms with van der Waals surface area (Å²) >= 11 is 9.44. The Morgan fingerprint density at radius 1 is 1.33 bits per heavy atom. The molecule has 2 amide bonds. The number of urea groups is 1. The minimum atomic E-state index is -0.0101. The molecular weight excluding hydrogens is 396 g/mol. The molecule has 6 nitrogen and oxygen atoms in total. The van der Waals surface area contributed by atoms with E-state index in [-0.39, 0.29) is 6.03 Å². The smallest absolute Gasteiger partial charge is 0.317 e. The van der Waals surface area contributed by atoms with Gasteiger partial charge in [-0.05, 0) is 24.6 Å². The first-order valence-corrected chi connectivity index (χ1v) is 9.30. The summed E-state index contributed by atoms with van der Waals surface area (Å²) in [5.74, 6) is 0.655. The average molecular weight is 420 g/mol. The van der Waals surface area contributed by atoms with Crippen molar-refractivity contribution in [1.29, 1.82) is 0 Å². The lowest BCUT2D eigenvalue weighted by Gasteiger charge is -2.34. The Labute approximate surface area is 156 Å². The number of nitrogens with two attached hydrogens (primary N) is 1. The molecule has 1 fully saturated rings. The van der Waals surface area contributed by atoms with Crippen LogP contribution in [0, 0.1) is 0 Å². The summed E-state index contributed by atoms with van der Waals surface area (Å²) in [7, 11) is 0. The first-order chi connectivity index (χ1) is 11.6. The number of halogens is 2. The fraction of sp³-hybridized carbons (Fsp3) is 0.562. The second-order valence-corrected chi connectivity index (χ2v) is 6.95. The molecule has 1 aliphatic rings. The van der Waals surface area contributed by atoms with Crippen LogP contribution in [0.1, 0.15) is 6.42 Å². The molecule has 3 N–H and O–H groups in total. The molecule has 0 unspecified atom stereocenters. The van der Waals surface area contributed by atoms with Crippen LogP contribution in [0.15, 0.2) is 22.7 Å². The molecule has 0 atom stereocenters. The van der Waals surface area contributed by atoms with Gasteiger partial charge in [0.05, 0.1) is 11.6 Å². The van der Waals surface area contributed by atoms with Gasteiger partial charge in [0.2, 0.25) is 0 Å². The maximum Gasteiger partial charge on any atom is 0.317 e. The van der Waals surface area contributed by atoms with E-state index < -0.39 is 0 Å². The normalized spacial score (nSPS) is 15.4. The van der Waals surface area contributed by atoms with E-state index in [0.717, 1.165) is 43.6 Å². The topological polar surface area (TPSA) is 70.8 Å². The number of carbonyl (C=O) groups is 1. The van der Waals surface area contributed by atoms with Gasteiger partial charge in [0.25, 0.3) is 0 Å². The van der Waals surface area contributed by atoms with Crippen molar-refractivity contribution in [2.45, 2.75) is 6.42 Å². The van der Waals surface area contributed by atoms with Crippen LogP contribution in [0.3, 0.4) is 0 Å². The van der Waals surface area contributed by atoms with Crippen LogP contribution in [0.5, 0.6) is 5.75 Å². The lowest BCUT2D eigenvalue weighted by molar-refractivity contribution is 0.141. The Hall–Kier alpha value is -1.02. The Bertz CT molecular complexity index is 539. The first kappa shape index (κ1) is 19.3. The Kier molecular flexibility index (Phi) is 8.11. The van der Waals surface area contributed by atoms with Crippen molar-refractivity contribution in [3.63, 3.8) is 0 Å².